The fraction of sp³-hybridized carbons (Fsp3) is 0.167. The molecule has 0 unspecified atom stereocenters. The number of hydrogen-bond acceptors (Lipinski definition) is 4. The van der Waals surface area contributed by atoms with Crippen molar-refractivity contribution in [2.75, 3.05) is 6.61 Å². The molecule has 0 fully saturated rings. The van der Waals surface area contributed by atoms with Gasteiger partial charge in [-0.1, -0.05) is 18.2 Å². The molecule has 2 aromatic rings. The SMILES string of the molecule is OC[C@@H](O)C=Cc1cnc2ccccc2n1. The normalized spacial score (nSPS) is 13.4. The average Bonchev–Trinajstić information content (AvgIpc) is 2.35. The van der Waals surface area contributed by atoms with Gasteiger partial charge in [-0.05, 0) is 18.2 Å². The van der Waals surface area contributed by atoms with Gasteiger partial charge in [-0.2, -0.15) is 0 Å². The van der Waals surface area contributed by atoms with Crippen molar-refractivity contribution in [3.8, 4) is 0 Å². The smallest absolute Gasteiger partial charge is 0.0955 e. The number of fused-ring (bicyclic) bond motifs is 1. The zero-order valence-electron chi connectivity index (χ0n) is 8.61. The molecule has 82 valence electrons. The van der Waals surface area contributed by atoms with Gasteiger partial charge >= 0.3 is 0 Å². The van der Waals surface area contributed by atoms with Gasteiger partial charge in [0.05, 0.1) is 35.6 Å². The summed E-state index contributed by atoms with van der Waals surface area (Å²) >= 11 is 0. The molecule has 0 amide bonds. The third-order valence-corrected chi connectivity index (χ3v) is 2.14. The van der Waals surface area contributed by atoms with Crippen LogP contribution in [0.1, 0.15) is 5.69 Å². The quantitative estimate of drug-likeness (QED) is 0.803. The number of aliphatic hydroxyl groups is 2. The van der Waals surface area contributed by atoms with Gasteiger partial charge in [-0.15, -0.1) is 0 Å². The van der Waals surface area contributed by atoms with Crippen molar-refractivity contribution in [3.63, 3.8) is 0 Å². The Balaban J connectivity index is 2.29. The maximum Gasteiger partial charge on any atom is 0.0955 e. The lowest BCUT2D eigenvalue weighted by atomic mass is 10.2. The predicted octanol–water partition coefficient (Wildman–Crippen LogP) is 0.996. The number of aliphatic hydroxyl groups excluding tert-OH is 2. The Hall–Kier alpha value is -1.78. The van der Waals surface area contributed by atoms with Gasteiger partial charge < -0.3 is 10.2 Å². The highest BCUT2D eigenvalue weighted by atomic mass is 16.3. The van der Waals surface area contributed by atoms with E-state index < -0.39 is 6.10 Å². The van der Waals surface area contributed by atoms with Crippen LogP contribution in [0.4, 0.5) is 0 Å². The van der Waals surface area contributed by atoms with E-state index in [-0.39, 0.29) is 6.61 Å². The number of benzene rings is 1. The van der Waals surface area contributed by atoms with Crippen LogP contribution in [-0.4, -0.2) is 32.9 Å². The monoisotopic (exact) mass is 216 g/mol. The fourth-order valence-electron chi connectivity index (χ4n) is 1.32. The first-order chi connectivity index (χ1) is 7.79. The van der Waals surface area contributed by atoms with Crippen LogP contribution in [0.2, 0.25) is 0 Å². The molecule has 0 aliphatic carbocycles. The van der Waals surface area contributed by atoms with E-state index >= 15 is 0 Å². The van der Waals surface area contributed by atoms with Gasteiger partial charge in [0.2, 0.25) is 0 Å². The number of nitrogens with zero attached hydrogens (tertiary/aromatic N) is 2. The van der Waals surface area contributed by atoms with Gasteiger partial charge in [0, 0.05) is 0 Å². The number of para-hydroxylation sites is 2. The Labute approximate surface area is 92.9 Å². The zero-order chi connectivity index (χ0) is 11.4. The lowest BCUT2D eigenvalue weighted by Crippen LogP contribution is -2.06. The molecule has 16 heavy (non-hydrogen) atoms. The second kappa shape index (κ2) is 4.83. The highest BCUT2D eigenvalue weighted by Gasteiger charge is 1.97. The van der Waals surface area contributed by atoms with Crippen LogP contribution in [0.5, 0.6) is 0 Å². The molecule has 1 atom stereocenters. The molecule has 0 bridgehead atoms. The fourth-order valence-corrected chi connectivity index (χ4v) is 1.32. The van der Waals surface area contributed by atoms with E-state index in [2.05, 4.69) is 9.97 Å². The Kier molecular flexibility index (Phi) is 3.24. The van der Waals surface area contributed by atoms with Crippen molar-refractivity contribution in [1.29, 1.82) is 0 Å². The van der Waals surface area contributed by atoms with Crippen molar-refractivity contribution in [2.45, 2.75) is 6.10 Å². The van der Waals surface area contributed by atoms with E-state index in [4.69, 9.17) is 10.2 Å². The third-order valence-electron chi connectivity index (χ3n) is 2.14. The van der Waals surface area contributed by atoms with Crippen molar-refractivity contribution in [3.05, 3.63) is 42.2 Å². The van der Waals surface area contributed by atoms with Crippen molar-refractivity contribution in [1.82, 2.24) is 9.97 Å². The Morgan fingerprint density at radius 1 is 1.25 bits per heavy atom. The molecule has 1 heterocycles. The second-order valence-electron chi connectivity index (χ2n) is 3.39. The average molecular weight is 216 g/mol. The van der Waals surface area contributed by atoms with Crippen LogP contribution in [0.3, 0.4) is 0 Å². The van der Waals surface area contributed by atoms with Crippen LogP contribution in [0.15, 0.2) is 36.5 Å². The molecule has 0 saturated carbocycles. The van der Waals surface area contributed by atoms with Crippen LogP contribution < -0.4 is 0 Å². The molecule has 2 N–H and O–H groups in total. The minimum Gasteiger partial charge on any atom is -0.393 e. The predicted molar refractivity (Wildman–Crippen MR) is 61.7 cm³/mol. The van der Waals surface area contributed by atoms with E-state index in [1.807, 2.05) is 24.3 Å². The number of aromatic nitrogens is 2. The summed E-state index contributed by atoms with van der Waals surface area (Å²) in [6, 6.07) is 7.57. The Bertz CT molecular complexity index is 511. The summed E-state index contributed by atoms with van der Waals surface area (Å²) in [5, 5.41) is 17.8. The number of hydrogen-bond donors (Lipinski definition) is 2. The maximum absolute atomic E-state index is 9.15. The number of rotatable bonds is 3. The van der Waals surface area contributed by atoms with Gasteiger partial charge in [-0.25, -0.2) is 4.98 Å². The first-order valence-electron chi connectivity index (χ1n) is 4.98. The highest BCUT2D eigenvalue weighted by molar-refractivity contribution is 5.74. The largest absolute Gasteiger partial charge is 0.393 e. The first kappa shape index (κ1) is 10.7. The molecule has 2 rings (SSSR count). The van der Waals surface area contributed by atoms with Gasteiger partial charge in [0.1, 0.15) is 0 Å². The van der Waals surface area contributed by atoms with E-state index in [0.29, 0.717) is 5.69 Å². The summed E-state index contributed by atoms with van der Waals surface area (Å²) < 4.78 is 0. The molecule has 0 aliphatic heterocycles. The summed E-state index contributed by atoms with van der Waals surface area (Å²) in [7, 11) is 0. The Morgan fingerprint density at radius 2 is 2.00 bits per heavy atom. The molecular formula is C12H12N2O2. The van der Waals surface area contributed by atoms with E-state index in [1.165, 1.54) is 6.08 Å². The molecule has 0 radical (unpaired) electrons. The molecule has 0 spiro atoms. The summed E-state index contributed by atoms with van der Waals surface area (Å²) in [5.74, 6) is 0. The third kappa shape index (κ3) is 2.42. The summed E-state index contributed by atoms with van der Waals surface area (Å²) in [6.07, 6.45) is 3.90. The highest BCUT2D eigenvalue weighted by Crippen LogP contribution is 2.09. The molecule has 1 aromatic heterocycles. The van der Waals surface area contributed by atoms with Gasteiger partial charge in [0.25, 0.3) is 0 Å². The maximum atomic E-state index is 9.15. The van der Waals surface area contributed by atoms with Crippen LogP contribution in [0.25, 0.3) is 17.1 Å². The van der Waals surface area contributed by atoms with E-state index in [0.717, 1.165) is 11.0 Å². The topological polar surface area (TPSA) is 66.2 Å². The summed E-state index contributed by atoms with van der Waals surface area (Å²) in [5.41, 5.74) is 2.30. The van der Waals surface area contributed by atoms with E-state index in [9.17, 15) is 0 Å². The summed E-state index contributed by atoms with van der Waals surface area (Å²) in [4.78, 5) is 8.57. The van der Waals surface area contributed by atoms with Gasteiger partial charge in [0.15, 0.2) is 0 Å². The van der Waals surface area contributed by atoms with Crippen molar-refractivity contribution < 1.29 is 10.2 Å². The van der Waals surface area contributed by atoms with Crippen LogP contribution in [0, 0.1) is 0 Å². The van der Waals surface area contributed by atoms with Crippen molar-refractivity contribution >= 4 is 17.1 Å². The molecule has 0 saturated heterocycles. The molecule has 0 aliphatic rings. The summed E-state index contributed by atoms with van der Waals surface area (Å²) in [6.45, 7) is -0.294. The minimum absolute atomic E-state index is 0.294. The van der Waals surface area contributed by atoms with Crippen LogP contribution >= 0.6 is 0 Å². The first-order valence-corrected chi connectivity index (χ1v) is 4.98. The molecule has 1 aromatic carbocycles. The second-order valence-corrected chi connectivity index (χ2v) is 3.39. The van der Waals surface area contributed by atoms with Gasteiger partial charge in [-0.3, -0.25) is 4.98 Å². The van der Waals surface area contributed by atoms with E-state index in [1.54, 1.807) is 12.3 Å². The molecule has 4 heteroatoms. The zero-order valence-corrected chi connectivity index (χ0v) is 8.61. The lowest BCUT2D eigenvalue weighted by Gasteiger charge is -1.99. The minimum atomic E-state index is -0.853. The Morgan fingerprint density at radius 3 is 2.75 bits per heavy atom. The van der Waals surface area contributed by atoms with Crippen molar-refractivity contribution in [2.24, 2.45) is 0 Å². The molecule has 4 nitrogen and oxygen atoms in total. The van der Waals surface area contributed by atoms with Crippen LogP contribution in [-0.2, 0) is 0 Å². The molecular weight excluding hydrogens is 204 g/mol. The standard InChI is InChI=1S/C12H12N2O2/c15-8-10(16)6-5-9-7-13-11-3-1-2-4-12(11)14-9/h1-7,10,15-16H,8H2/t10-/m0/s1. The lowest BCUT2D eigenvalue weighted by molar-refractivity contribution is 0.131.